The number of aryl methyl sites for hydroxylation is 1. The van der Waals surface area contributed by atoms with Crippen molar-refractivity contribution in [1.82, 2.24) is 9.13 Å². The Kier molecular flexibility index (Phi) is 6.49. The van der Waals surface area contributed by atoms with Gasteiger partial charge in [0.15, 0.2) is 0 Å². The van der Waals surface area contributed by atoms with Gasteiger partial charge in [-0.15, -0.1) is 0 Å². The van der Waals surface area contributed by atoms with Crippen molar-refractivity contribution in [2.45, 2.75) is 26.4 Å². The van der Waals surface area contributed by atoms with E-state index < -0.39 is 23.0 Å². The van der Waals surface area contributed by atoms with Crippen molar-refractivity contribution in [2.75, 3.05) is 6.61 Å². The van der Waals surface area contributed by atoms with Gasteiger partial charge in [0.1, 0.15) is 5.82 Å². The van der Waals surface area contributed by atoms with Crippen molar-refractivity contribution in [2.24, 2.45) is 0 Å². The van der Waals surface area contributed by atoms with Crippen LogP contribution in [0.25, 0.3) is 10.9 Å². The Labute approximate surface area is 189 Å². The molecule has 3 aromatic carbocycles. The molecule has 6 nitrogen and oxygen atoms in total. The molecule has 0 aliphatic heterocycles. The predicted molar refractivity (Wildman–Crippen MR) is 124 cm³/mol. The number of hydrogen-bond donors (Lipinski definition) is 0. The van der Waals surface area contributed by atoms with E-state index in [0.29, 0.717) is 12.0 Å². The fourth-order valence-corrected chi connectivity index (χ4v) is 3.77. The first-order chi connectivity index (χ1) is 16.0. The van der Waals surface area contributed by atoms with E-state index in [2.05, 4.69) is 0 Å². The molecule has 0 atom stereocenters. The second-order valence-electron chi connectivity index (χ2n) is 7.64. The summed E-state index contributed by atoms with van der Waals surface area (Å²) in [7, 11) is 0. The van der Waals surface area contributed by atoms with Crippen LogP contribution in [0.5, 0.6) is 0 Å². The van der Waals surface area contributed by atoms with Crippen molar-refractivity contribution in [3.8, 4) is 0 Å². The molecule has 1 aromatic heterocycles. The van der Waals surface area contributed by atoms with Gasteiger partial charge in [-0.05, 0) is 54.8 Å². The van der Waals surface area contributed by atoms with E-state index in [1.165, 1.54) is 27.3 Å². The molecule has 0 fully saturated rings. The Hall–Kier alpha value is -4.00. The predicted octanol–water partition coefficient (Wildman–Crippen LogP) is 3.77. The maximum Gasteiger partial charge on any atom is 0.338 e. The molecular weight excluding hydrogens is 423 g/mol. The van der Waals surface area contributed by atoms with Gasteiger partial charge in [0.25, 0.3) is 5.56 Å². The van der Waals surface area contributed by atoms with Crippen LogP contribution in [0, 0.1) is 5.82 Å². The van der Waals surface area contributed by atoms with E-state index in [0.717, 1.165) is 11.1 Å². The lowest BCUT2D eigenvalue weighted by Gasteiger charge is -2.15. The van der Waals surface area contributed by atoms with Crippen LogP contribution in [0.1, 0.15) is 28.4 Å². The van der Waals surface area contributed by atoms with Crippen LogP contribution in [0.15, 0.2) is 82.4 Å². The van der Waals surface area contributed by atoms with E-state index in [4.69, 9.17) is 4.74 Å². The lowest BCUT2D eigenvalue weighted by atomic mass is 10.1. The van der Waals surface area contributed by atoms with Crippen molar-refractivity contribution in [3.63, 3.8) is 0 Å². The smallest absolute Gasteiger partial charge is 0.338 e. The number of hydrogen-bond acceptors (Lipinski definition) is 4. The minimum absolute atomic E-state index is 0.119. The number of rotatable bonds is 7. The van der Waals surface area contributed by atoms with Crippen LogP contribution >= 0.6 is 0 Å². The molecule has 168 valence electrons. The van der Waals surface area contributed by atoms with Crippen LogP contribution in [0.2, 0.25) is 0 Å². The fraction of sp³-hybridized carbons (Fsp3) is 0.192. The summed E-state index contributed by atoms with van der Waals surface area (Å²) in [5, 5.41) is 0.271. The van der Waals surface area contributed by atoms with Crippen LogP contribution < -0.4 is 11.2 Å². The maximum absolute atomic E-state index is 14.0. The Balaban J connectivity index is 1.74. The largest absolute Gasteiger partial charge is 0.462 e. The Morgan fingerprint density at radius 1 is 0.909 bits per heavy atom. The zero-order chi connectivity index (χ0) is 23.4. The Morgan fingerprint density at radius 2 is 1.64 bits per heavy atom. The van der Waals surface area contributed by atoms with Crippen LogP contribution in [0.4, 0.5) is 4.39 Å². The third-order valence-corrected chi connectivity index (χ3v) is 5.46. The first-order valence-corrected chi connectivity index (χ1v) is 10.7. The number of aromatic nitrogens is 2. The molecule has 0 bridgehead atoms. The number of ether oxygens (including phenoxy) is 1. The van der Waals surface area contributed by atoms with Gasteiger partial charge in [0, 0.05) is 6.54 Å². The SMILES string of the molecule is CCOC(=O)c1ccc(Cn2c(=O)n(CCc3ccccc3)c(=O)c3ccc(F)cc32)cc1. The summed E-state index contributed by atoms with van der Waals surface area (Å²) in [4.78, 5) is 38.3. The van der Waals surface area contributed by atoms with E-state index in [1.807, 2.05) is 30.3 Å². The van der Waals surface area contributed by atoms with Crippen molar-refractivity contribution in [3.05, 3.63) is 116 Å². The molecule has 0 saturated heterocycles. The van der Waals surface area contributed by atoms with Gasteiger partial charge in [-0.3, -0.25) is 13.9 Å². The molecular formula is C26H23FN2O4. The minimum atomic E-state index is -0.533. The molecule has 0 aliphatic rings. The molecule has 7 heteroatoms. The van der Waals surface area contributed by atoms with E-state index in [9.17, 15) is 18.8 Å². The van der Waals surface area contributed by atoms with E-state index >= 15 is 0 Å². The quantitative estimate of drug-likeness (QED) is 0.405. The molecule has 33 heavy (non-hydrogen) atoms. The van der Waals surface area contributed by atoms with Crippen molar-refractivity contribution >= 4 is 16.9 Å². The standard InChI is InChI=1S/C26H23FN2O4/c1-2-33-25(31)20-10-8-19(9-11-20)17-29-23-16-21(27)12-13-22(23)24(30)28(26(29)32)15-14-18-6-4-3-5-7-18/h3-13,16H,2,14-15,17H2,1H3. The third kappa shape index (κ3) is 4.77. The molecule has 0 radical (unpaired) electrons. The Morgan fingerprint density at radius 3 is 2.33 bits per heavy atom. The average Bonchev–Trinajstić information content (AvgIpc) is 2.83. The average molecular weight is 446 g/mol. The number of fused-ring (bicyclic) bond motifs is 1. The van der Waals surface area contributed by atoms with Gasteiger partial charge >= 0.3 is 11.7 Å². The highest BCUT2D eigenvalue weighted by atomic mass is 19.1. The highest BCUT2D eigenvalue weighted by Crippen LogP contribution is 2.14. The van der Waals surface area contributed by atoms with Gasteiger partial charge in [-0.25, -0.2) is 14.0 Å². The fourth-order valence-electron chi connectivity index (χ4n) is 3.77. The molecule has 0 amide bonds. The maximum atomic E-state index is 14.0. The van der Waals surface area contributed by atoms with Gasteiger partial charge in [0.05, 0.1) is 29.6 Å². The summed E-state index contributed by atoms with van der Waals surface area (Å²) in [6.07, 6.45) is 0.511. The third-order valence-electron chi connectivity index (χ3n) is 5.46. The molecule has 0 unspecified atom stereocenters. The normalized spacial score (nSPS) is 11.0. The summed E-state index contributed by atoms with van der Waals surface area (Å²) >= 11 is 0. The summed E-state index contributed by atoms with van der Waals surface area (Å²) < 4.78 is 21.6. The summed E-state index contributed by atoms with van der Waals surface area (Å²) in [5.41, 5.74) is 1.41. The van der Waals surface area contributed by atoms with Gasteiger partial charge < -0.3 is 4.74 Å². The molecule has 1 heterocycles. The number of carbonyl (C=O) groups is 1. The molecule has 4 rings (SSSR count). The highest BCUT2D eigenvalue weighted by molar-refractivity contribution is 5.89. The second kappa shape index (κ2) is 9.65. The highest BCUT2D eigenvalue weighted by Gasteiger charge is 2.15. The molecule has 0 saturated carbocycles. The number of halogens is 1. The molecule has 0 spiro atoms. The van der Waals surface area contributed by atoms with Crippen molar-refractivity contribution in [1.29, 1.82) is 0 Å². The molecule has 0 aliphatic carbocycles. The first kappa shape index (κ1) is 22.2. The number of benzene rings is 3. The zero-order valence-electron chi connectivity index (χ0n) is 18.2. The number of carbonyl (C=O) groups excluding carboxylic acids is 1. The summed E-state index contributed by atoms with van der Waals surface area (Å²) in [6.45, 7) is 2.33. The minimum Gasteiger partial charge on any atom is -0.462 e. The second-order valence-corrected chi connectivity index (χ2v) is 7.64. The van der Waals surface area contributed by atoms with Gasteiger partial charge in [-0.1, -0.05) is 42.5 Å². The van der Waals surface area contributed by atoms with E-state index in [-0.39, 0.29) is 30.6 Å². The molecule has 0 N–H and O–H groups in total. The lowest BCUT2D eigenvalue weighted by Crippen LogP contribution is -2.40. The zero-order valence-corrected chi connectivity index (χ0v) is 18.2. The summed E-state index contributed by atoms with van der Waals surface area (Å²) in [5.74, 6) is -0.960. The van der Waals surface area contributed by atoms with Gasteiger partial charge in [0.2, 0.25) is 0 Å². The van der Waals surface area contributed by atoms with Gasteiger partial charge in [-0.2, -0.15) is 0 Å². The van der Waals surface area contributed by atoms with Crippen LogP contribution in [-0.4, -0.2) is 21.7 Å². The first-order valence-electron chi connectivity index (χ1n) is 10.7. The lowest BCUT2D eigenvalue weighted by molar-refractivity contribution is 0.0526. The van der Waals surface area contributed by atoms with E-state index in [1.54, 1.807) is 31.2 Å². The van der Waals surface area contributed by atoms with Crippen LogP contribution in [0.3, 0.4) is 0 Å². The Bertz CT molecular complexity index is 1410. The number of nitrogens with zero attached hydrogens (tertiary/aromatic N) is 2. The topological polar surface area (TPSA) is 70.3 Å². The molecule has 4 aromatic rings. The van der Waals surface area contributed by atoms with Crippen molar-refractivity contribution < 1.29 is 13.9 Å². The monoisotopic (exact) mass is 446 g/mol. The summed E-state index contributed by atoms with van der Waals surface area (Å²) in [6, 6.07) is 20.1. The van der Waals surface area contributed by atoms with Crippen LogP contribution in [-0.2, 0) is 24.2 Å². The number of esters is 1.